The third kappa shape index (κ3) is 3.62. The Morgan fingerprint density at radius 3 is 2.58 bits per heavy atom. The summed E-state index contributed by atoms with van der Waals surface area (Å²) in [5, 5.41) is 8.37. The van der Waals surface area contributed by atoms with E-state index in [1.54, 1.807) is 6.92 Å². The molecule has 0 saturated carbocycles. The van der Waals surface area contributed by atoms with Gasteiger partial charge in [-0.1, -0.05) is 5.92 Å². The molecule has 0 spiro atoms. The maximum atomic E-state index is 10.8. The molecule has 1 atom stereocenters. The molecule has 4 nitrogen and oxygen atoms in total. The first-order valence-corrected chi connectivity index (χ1v) is 3.38. The lowest BCUT2D eigenvalue weighted by atomic mass is 10.2. The summed E-state index contributed by atoms with van der Waals surface area (Å²) in [6.07, 6.45) is 0. The first-order chi connectivity index (χ1) is 5.59. The second-order valence-corrected chi connectivity index (χ2v) is 2.09. The van der Waals surface area contributed by atoms with Gasteiger partial charge in [-0.2, -0.15) is 0 Å². The molecular formula is C8H10O4. The van der Waals surface area contributed by atoms with Crippen molar-refractivity contribution < 1.29 is 19.4 Å². The van der Waals surface area contributed by atoms with Gasteiger partial charge in [0.2, 0.25) is 0 Å². The van der Waals surface area contributed by atoms with Crippen LogP contribution in [0.5, 0.6) is 0 Å². The van der Waals surface area contributed by atoms with Gasteiger partial charge in [0.15, 0.2) is 12.5 Å². The van der Waals surface area contributed by atoms with E-state index < -0.39 is 17.9 Å². The number of carbonyl (C=O) groups is 2. The van der Waals surface area contributed by atoms with Crippen LogP contribution in [-0.2, 0) is 14.3 Å². The van der Waals surface area contributed by atoms with Crippen molar-refractivity contribution in [2.75, 3.05) is 6.61 Å². The Hall–Kier alpha value is -1.50. The minimum absolute atomic E-state index is 0.0487. The zero-order valence-electron chi connectivity index (χ0n) is 6.96. The number of hydrogen-bond acceptors (Lipinski definition) is 3. The van der Waals surface area contributed by atoms with Crippen LogP contribution in [0.25, 0.3) is 0 Å². The first kappa shape index (κ1) is 10.5. The second kappa shape index (κ2) is 5.19. The monoisotopic (exact) mass is 170 g/mol. The molecule has 0 heterocycles. The summed E-state index contributed by atoms with van der Waals surface area (Å²) in [6.45, 7) is 2.82. The highest BCUT2D eigenvalue weighted by atomic mass is 16.5. The van der Waals surface area contributed by atoms with Crippen LogP contribution in [0, 0.1) is 17.8 Å². The van der Waals surface area contributed by atoms with Gasteiger partial charge in [-0.25, -0.2) is 0 Å². The Balaban J connectivity index is 3.85. The van der Waals surface area contributed by atoms with Crippen LogP contribution in [0.1, 0.15) is 13.8 Å². The van der Waals surface area contributed by atoms with Crippen LogP contribution in [-0.4, -0.2) is 23.7 Å². The molecule has 0 bridgehead atoms. The molecule has 0 fully saturated rings. The van der Waals surface area contributed by atoms with Gasteiger partial charge in [0.1, 0.15) is 0 Å². The lowest BCUT2D eigenvalue weighted by Gasteiger charge is -2.03. The number of carboxylic acid groups (broad SMARTS) is 1. The highest BCUT2D eigenvalue weighted by molar-refractivity contribution is 5.93. The lowest BCUT2D eigenvalue weighted by molar-refractivity contribution is -0.156. The number of aliphatic carboxylic acids is 1. The Kier molecular flexibility index (Phi) is 4.54. The van der Waals surface area contributed by atoms with Crippen molar-refractivity contribution >= 4 is 11.9 Å². The molecule has 0 aromatic rings. The highest BCUT2D eigenvalue weighted by Crippen LogP contribution is 1.97. The van der Waals surface area contributed by atoms with Crippen molar-refractivity contribution in [3.8, 4) is 11.8 Å². The molecule has 0 aliphatic rings. The zero-order chi connectivity index (χ0) is 9.56. The van der Waals surface area contributed by atoms with Gasteiger partial charge < -0.3 is 9.84 Å². The molecule has 1 N–H and O–H groups in total. The third-order valence-corrected chi connectivity index (χ3v) is 1.19. The maximum absolute atomic E-state index is 10.8. The fraction of sp³-hybridized carbons (Fsp3) is 0.500. The number of carboxylic acids is 1. The van der Waals surface area contributed by atoms with Crippen LogP contribution >= 0.6 is 0 Å². The van der Waals surface area contributed by atoms with E-state index in [4.69, 9.17) is 5.11 Å². The predicted molar refractivity (Wildman–Crippen MR) is 41.2 cm³/mol. The Morgan fingerprint density at radius 2 is 2.17 bits per heavy atom. The molecule has 0 amide bonds. The van der Waals surface area contributed by atoms with Crippen LogP contribution in [0.15, 0.2) is 0 Å². The molecule has 0 rings (SSSR count). The summed E-state index contributed by atoms with van der Waals surface area (Å²) >= 11 is 0. The molecule has 1 unspecified atom stereocenters. The topological polar surface area (TPSA) is 63.6 Å². The summed E-state index contributed by atoms with van der Waals surface area (Å²) in [5.74, 6) is 1.93. The SMILES string of the molecule is CC#CCOC(=O)C(C)C(=O)O. The van der Waals surface area contributed by atoms with E-state index >= 15 is 0 Å². The highest BCUT2D eigenvalue weighted by Gasteiger charge is 2.21. The molecule has 4 heteroatoms. The van der Waals surface area contributed by atoms with Crippen molar-refractivity contribution in [2.24, 2.45) is 5.92 Å². The fourth-order valence-electron chi connectivity index (χ4n) is 0.405. The van der Waals surface area contributed by atoms with Crippen LogP contribution in [0.4, 0.5) is 0 Å². The first-order valence-electron chi connectivity index (χ1n) is 3.38. The van der Waals surface area contributed by atoms with E-state index in [0.29, 0.717) is 0 Å². The summed E-state index contributed by atoms with van der Waals surface area (Å²) in [6, 6.07) is 0. The standard InChI is InChI=1S/C8H10O4/c1-3-4-5-12-8(11)6(2)7(9)10/h6H,5H2,1-2H3,(H,9,10). The third-order valence-electron chi connectivity index (χ3n) is 1.19. The Morgan fingerprint density at radius 1 is 1.58 bits per heavy atom. The van der Waals surface area contributed by atoms with Gasteiger partial charge in [-0.15, -0.1) is 5.92 Å². The van der Waals surface area contributed by atoms with Crippen molar-refractivity contribution in [2.45, 2.75) is 13.8 Å². The number of carbonyl (C=O) groups excluding carboxylic acids is 1. The van der Waals surface area contributed by atoms with Crippen molar-refractivity contribution in [3.63, 3.8) is 0 Å². The molecule has 0 radical (unpaired) electrons. The summed E-state index contributed by atoms with van der Waals surface area (Å²) in [5.41, 5.74) is 0. The van der Waals surface area contributed by atoms with E-state index in [-0.39, 0.29) is 6.61 Å². The van der Waals surface area contributed by atoms with E-state index in [1.807, 2.05) is 0 Å². The van der Waals surface area contributed by atoms with Crippen LogP contribution in [0.2, 0.25) is 0 Å². The largest absolute Gasteiger partial charge is 0.481 e. The van der Waals surface area contributed by atoms with E-state index in [9.17, 15) is 9.59 Å². The van der Waals surface area contributed by atoms with Gasteiger partial charge in [0, 0.05) is 0 Å². The maximum Gasteiger partial charge on any atom is 0.320 e. The van der Waals surface area contributed by atoms with E-state index in [2.05, 4.69) is 16.6 Å². The zero-order valence-corrected chi connectivity index (χ0v) is 6.96. The van der Waals surface area contributed by atoms with Crippen molar-refractivity contribution in [1.29, 1.82) is 0 Å². The van der Waals surface area contributed by atoms with Gasteiger partial charge in [-0.05, 0) is 13.8 Å². The van der Waals surface area contributed by atoms with Gasteiger partial charge in [0.05, 0.1) is 0 Å². The molecular weight excluding hydrogens is 160 g/mol. The minimum Gasteiger partial charge on any atom is -0.481 e. The van der Waals surface area contributed by atoms with Crippen LogP contribution in [0.3, 0.4) is 0 Å². The van der Waals surface area contributed by atoms with Gasteiger partial charge in [0.25, 0.3) is 0 Å². The molecule has 0 aliphatic carbocycles. The normalized spacial score (nSPS) is 10.8. The number of rotatable bonds is 3. The van der Waals surface area contributed by atoms with Gasteiger partial charge >= 0.3 is 11.9 Å². The number of hydrogen-bond donors (Lipinski definition) is 1. The lowest BCUT2D eigenvalue weighted by Crippen LogP contribution is -2.22. The molecule has 12 heavy (non-hydrogen) atoms. The number of esters is 1. The molecule has 0 saturated heterocycles. The van der Waals surface area contributed by atoms with Crippen molar-refractivity contribution in [1.82, 2.24) is 0 Å². The fourth-order valence-corrected chi connectivity index (χ4v) is 0.405. The Bertz CT molecular complexity index is 233. The molecule has 0 aromatic carbocycles. The van der Waals surface area contributed by atoms with Crippen molar-refractivity contribution in [3.05, 3.63) is 0 Å². The minimum atomic E-state index is -1.19. The van der Waals surface area contributed by atoms with E-state index in [1.165, 1.54) is 6.92 Å². The molecule has 0 aliphatic heterocycles. The average molecular weight is 170 g/mol. The smallest absolute Gasteiger partial charge is 0.320 e. The summed E-state index contributed by atoms with van der Waals surface area (Å²) < 4.78 is 4.51. The quantitative estimate of drug-likeness (QED) is 0.375. The average Bonchev–Trinajstić information content (AvgIpc) is 2.03. The second-order valence-electron chi connectivity index (χ2n) is 2.09. The molecule has 66 valence electrons. The van der Waals surface area contributed by atoms with Gasteiger partial charge in [-0.3, -0.25) is 9.59 Å². The number of ether oxygens (including phenoxy) is 1. The van der Waals surface area contributed by atoms with Crippen LogP contribution < -0.4 is 0 Å². The summed E-state index contributed by atoms with van der Waals surface area (Å²) in [4.78, 5) is 21.0. The predicted octanol–water partition coefficient (Wildman–Crippen LogP) is 0.274. The molecule has 0 aromatic heterocycles. The van der Waals surface area contributed by atoms with E-state index in [0.717, 1.165) is 0 Å². The summed E-state index contributed by atoms with van der Waals surface area (Å²) in [7, 11) is 0. The Labute approximate surface area is 70.5 Å².